The number of thiophene rings is 1. The van der Waals surface area contributed by atoms with Gasteiger partial charge in [-0.2, -0.15) is 11.3 Å². The highest BCUT2D eigenvalue weighted by molar-refractivity contribution is 7.07. The fourth-order valence-corrected chi connectivity index (χ4v) is 5.60. The maximum atomic E-state index is 6.10. The fraction of sp³-hybridized carbons (Fsp3) is 0.750. The summed E-state index contributed by atoms with van der Waals surface area (Å²) in [6.45, 7) is 8.59. The Labute approximate surface area is 135 Å². The van der Waals surface area contributed by atoms with Gasteiger partial charge in [-0.15, -0.1) is 0 Å². The highest BCUT2D eigenvalue weighted by atomic mass is 32.1. The molecule has 1 aromatic rings. The number of hydrogen-bond donors (Lipinski definition) is 0. The summed E-state index contributed by atoms with van der Waals surface area (Å²) in [7, 11) is -2.49. The Morgan fingerprint density at radius 1 is 0.952 bits per heavy atom. The highest BCUT2D eigenvalue weighted by Gasteiger charge is 2.40. The first-order chi connectivity index (χ1) is 10.3. The van der Waals surface area contributed by atoms with Gasteiger partial charge in [0.25, 0.3) is 0 Å². The molecule has 0 unspecified atom stereocenters. The third kappa shape index (κ3) is 7.56. The molecule has 21 heavy (non-hydrogen) atoms. The molecule has 0 atom stereocenters. The summed E-state index contributed by atoms with van der Waals surface area (Å²) in [5.74, 6) is 0. The second-order valence-electron chi connectivity index (χ2n) is 5.21. The molecular weight excluding hydrogens is 300 g/mol. The molecule has 0 radical (unpaired) electrons. The molecule has 0 saturated carbocycles. The van der Waals surface area contributed by atoms with Gasteiger partial charge in [-0.05, 0) is 54.5 Å². The van der Waals surface area contributed by atoms with Crippen LogP contribution < -0.4 is 0 Å². The zero-order valence-corrected chi connectivity index (χ0v) is 15.5. The Hall–Kier alpha value is -0.203. The normalized spacial score (nSPS) is 12.0. The molecule has 0 saturated heterocycles. The molecular formula is C16H30O3SSi. The second kappa shape index (κ2) is 11.4. The molecule has 0 aliphatic carbocycles. The first kappa shape index (κ1) is 18.8. The van der Waals surface area contributed by atoms with E-state index in [9.17, 15) is 0 Å². The largest absolute Gasteiger partial charge is 0.500 e. The van der Waals surface area contributed by atoms with Crippen LogP contribution in [0.15, 0.2) is 16.8 Å². The van der Waals surface area contributed by atoms with E-state index in [0.717, 1.165) is 58.0 Å². The summed E-state index contributed by atoms with van der Waals surface area (Å²) in [6.07, 6.45) is 5.16. The average Bonchev–Trinajstić information content (AvgIpc) is 3.01. The van der Waals surface area contributed by atoms with E-state index in [2.05, 4.69) is 37.6 Å². The Morgan fingerprint density at radius 2 is 1.52 bits per heavy atom. The maximum Gasteiger partial charge on any atom is 0.500 e. The van der Waals surface area contributed by atoms with Crippen LogP contribution in [0.25, 0.3) is 0 Å². The van der Waals surface area contributed by atoms with Gasteiger partial charge in [0.05, 0.1) is 0 Å². The van der Waals surface area contributed by atoms with E-state index < -0.39 is 8.80 Å². The summed E-state index contributed by atoms with van der Waals surface area (Å²) in [5, 5.41) is 4.35. The minimum Gasteiger partial charge on any atom is -0.373 e. The van der Waals surface area contributed by atoms with Crippen LogP contribution in [-0.2, 0) is 19.7 Å². The molecule has 0 aliphatic rings. The van der Waals surface area contributed by atoms with Crippen molar-refractivity contribution in [3.05, 3.63) is 22.4 Å². The number of aryl methyl sites for hydroxylation is 1. The van der Waals surface area contributed by atoms with Crippen molar-refractivity contribution in [3.8, 4) is 0 Å². The average molecular weight is 331 g/mol. The Kier molecular flexibility index (Phi) is 10.2. The van der Waals surface area contributed by atoms with Gasteiger partial charge >= 0.3 is 8.80 Å². The predicted octanol–water partition coefficient (Wildman–Crippen LogP) is 4.90. The van der Waals surface area contributed by atoms with E-state index in [1.165, 1.54) is 5.56 Å². The summed E-state index contributed by atoms with van der Waals surface area (Å²) in [5.41, 5.74) is 1.41. The van der Waals surface area contributed by atoms with Crippen LogP contribution in [0.5, 0.6) is 0 Å². The predicted molar refractivity (Wildman–Crippen MR) is 91.9 cm³/mol. The molecule has 0 N–H and O–H groups in total. The smallest absolute Gasteiger partial charge is 0.373 e. The number of hydrogen-bond acceptors (Lipinski definition) is 4. The molecule has 0 spiro atoms. The maximum absolute atomic E-state index is 6.10. The Morgan fingerprint density at radius 3 is 1.95 bits per heavy atom. The molecule has 1 rings (SSSR count). The van der Waals surface area contributed by atoms with Crippen molar-refractivity contribution in [2.45, 2.75) is 58.9 Å². The number of rotatable bonds is 13. The van der Waals surface area contributed by atoms with Crippen molar-refractivity contribution >= 4 is 20.1 Å². The molecule has 0 bridgehead atoms. The van der Waals surface area contributed by atoms with Crippen LogP contribution in [0.1, 0.15) is 52.0 Å². The van der Waals surface area contributed by atoms with E-state index in [4.69, 9.17) is 13.3 Å². The van der Waals surface area contributed by atoms with Gasteiger partial charge in [0.15, 0.2) is 0 Å². The third-order valence-electron chi connectivity index (χ3n) is 3.11. The van der Waals surface area contributed by atoms with Gasteiger partial charge in [-0.25, -0.2) is 0 Å². The van der Waals surface area contributed by atoms with Gasteiger partial charge < -0.3 is 13.3 Å². The van der Waals surface area contributed by atoms with Crippen molar-refractivity contribution in [1.82, 2.24) is 0 Å². The van der Waals surface area contributed by atoms with E-state index in [1.54, 1.807) is 11.3 Å². The zero-order valence-electron chi connectivity index (χ0n) is 13.7. The van der Waals surface area contributed by atoms with Gasteiger partial charge in [-0.1, -0.05) is 20.8 Å². The lowest BCUT2D eigenvalue weighted by Crippen LogP contribution is -2.46. The summed E-state index contributed by atoms with van der Waals surface area (Å²) < 4.78 is 18.3. The van der Waals surface area contributed by atoms with Crippen molar-refractivity contribution in [2.75, 3.05) is 19.8 Å². The Balaban J connectivity index is 2.56. The molecule has 1 aromatic heterocycles. The molecule has 3 nitrogen and oxygen atoms in total. The molecule has 0 aromatic carbocycles. The minimum absolute atomic E-state index is 0.734. The van der Waals surface area contributed by atoms with E-state index >= 15 is 0 Å². The SMILES string of the molecule is CCCO[Si](CCCc1ccsc1)(OCCC)OCCC. The van der Waals surface area contributed by atoms with Gasteiger partial charge in [0.1, 0.15) is 0 Å². The van der Waals surface area contributed by atoms with Crippen LogP contribution in [0, 0.1) is 0 Å². The Bertz CT molecular complexity index is 322. The lowest BCUT2D eigenvalue weighted by Gasteiger charge is -2.29. The van der Waals surface area contributed by atoms with Crippen molar-refractivity contribution < 1.29 is 13.3 Å². The first-order valence-electron chi connectivity index (χ1n) is 8.19. The third-order valence-corrected chi connectivity index (χ3v) is 6.74. The lowest BCUT2D eigenvalue weighted by molar-refractivity contribution is 0.0588. The zero-order chi connectivity index (χ0) is 15.4. The van der Waals surface area contributed by atoms with Crippen LogP contribution in [0.3, 0.4) is 0 Å². The molecule has 122 valence electrons. The molecule has 0 fully saturated rings. The van der Waals surface area contributed by atoms with Crippen LogP contribution in [0.2, 0.25) is 6.04 Å². The van der Waals surface area contributed by atoms with Crippen molar-refractivity contribution in [1.29, 1.82) is 0 Å². The second-order valence-corrected chi connectivity index (χ2v) is 8.73. The summed E-state index contributed by atoms with van der Waals surface area (Å²) >= 11 is 1.76. The molecule has 5 heteroatoms. The first-order valence-corrected chi connectivity index (χ1v) is 11.1. The summed E-state index contributed by atoms with van der Waals surface area (Å²) in [4.78, 5) is 0. The van der Waals surface area contributed by atoms with E-state index in [1.807, 2.05) is 0 Å². The standard InChI is InChI=1S/C16H30O3SSi/c1-4-10-17-21(18-11-5-2,19-12-6-3)14-7-8-16-9-13-20-15-16/h9,13,15H,4-8,10-12,14H2,1-3H3. The van der Waals surface area contributed by atoms with Gasteiger partial charge in [0.2, 0.25) is 0 Å². The molecule has 0 amide bonds. The van der Waals surface area contributed by atoms with Crippen LogP contribution in [-0.4, -0.2) is 28.6 Å². The highest BCUT2D eigenvalue weighted by Crippen LogP contribution is 2.21. The van der Waals surface area contributed by atoms with Gasteiger partial charge in [-0.3, -0.25) is 0 Å². The molecule has 1 heterocycles. The fourth-order valence-electron chi connectivity index (χ4n) is 2.06. The molecule has 0 aliphatic heterocycles. The monoisotopic (exact) mass is 330 g/mol. The van der Waals surface area contributed by atoms with Gasteiger partial charge in [0, 0.05) is 25.9 Å². The minimum atomic E-state index is -2.49. The van der Waals surface area contributed by atoms with E-state index in [-0.39, 0.29) is 0 Å². The lowest BCUT2D eigenvalue weighted by atomic mass is 10.2. The quantitative estimate of drug-likeness (QED) is 0.481. The van der Waals surface area contributed by atoms with Crippen molar-refractivity contribution in [2.24, 2.45) is 0 Å². The summed E-state index contributed by atoms with van der Waals surface area (Å²) in [6, 6.07) is 3.11. The van der Waals surface area contributed by atoms with Crippen LogP contribution >= 0.6 is 11.3 Å². The van der Waals surface area contributed by atoms with Crippen molar-refractivity contribution in [3.63, 3.8) is 0 Å². The van der Waals surface area contributed by atoms with Crippen LogP contribution in [0.4, 0.5) is 0 Å². The topological polar surface area (TPSA) is 27.7 Å². The van der Waals surface area contributed by atoms with E-state index in [0.29, 0.717) is 0 Å².